The minimum atomic E-state index is -0.204. The monoisotopic (exact) mass is 356 g/mol. The lowest BCUT2D eigenvalue weighted by Gasteiger charge is -2.12. The summed E-state index contributed by atoms with van der Waals surface area (Å²) in [6, 6.07) is 8.49. The van der Waals surface area contributed by atoms with Crippen molar-refractivity contribution in [2.75, 3.05) is 28.3 Å². The first-order valence-corrected chi connectivity index (χ1v) is 8.24. The second kappa shape index (κ2) is 7.09. The molecule has 26 heavy (non-hydrogen) atoms. The Morgan fingerprint density at radius 2 is 1.85 bits per heavy atom. The molecule has 0 aromatic heterocycles. The summed E-state index contributed by atoms with van der Waals surface area (Å²) in [4.78, 5) is 13.8. The van der Waals surface area contributed by atoms with Gasteiger partial charge in [-0.3, -0.25) is 4.79 Å². The SMILES string of the molecule is COc1ccc(C=C2Oc3c(ccc(O)c3C[NH+](C)C)C2=O)cc1OC. The highest BCUT2D eigenvalue weighted by atomic mass is 16.5. The van der Waals surface area contributed by atoms with Gasteiger partial charge in [0, 0.05) is 0 Å². The number of carbonyl (C=O) groups excluding carboxylic acids is 1. The molecule has 6 nitrogen and oxygen atoms in total. The van der Waals surface area contributed by atoms with Crippen LogP contribution in [0, 0.1) is 0 Å². The first-order chi connectivity index (χ1) is 12.4. The molecule has 136 valence electrons. The van der Waals surface area contributed by atoms with Gasteiger partial charge in [0.15, 0.2) is 23.0 Å². The number of hydrogen-bond donors (Lipinski definition) is 2. The Balaban J connectivity index is 1.99. The number of ether oxygens (including phenoxy) is 3. The third kappa shape index (κ3) is 3.23. The Morgan fingerprint density at radius 1 is 1.12 bits per heavy atom. The van der Waals surface area contributed by atoms with E-state index in [2.05, 4.69) is 0 Å². The topological polar surface area (TPSA) is 69.4 Å². The molecule has 1 aliphatic heterocycles. The summed E-state index contributed by atoms with van der Waals surface area (Å²) < 4.78 is 16.3. The van der Waals surface area contributed by atoms with Crippen LogP contribution in [0.4, 0.5) is 0 Å². The summed E-state index contributed by atoms with van der Waals surface area (Å²) in [6.45, 7) is 0.548. The Hall–Kier alpha value is -2.99. The van der Waals surface area contributed by atoms with Crippen LogP contribution in [-0.2, 0) is 6.54 Å². The predicted octanol–water partition coefficient (Wildman–Crippen LogP) is 1.67. The van der Waals surface area contributed by atoms with Gasteiger partial charge in [-0.15, -0.1) is 0 Å². The molecule has 0 bridgehead atoms. The number of fused-ring (bicyclic) bond motifs is 1. The van der Waals surface area contributed by atoms with Gasteiger partial charge < -0.3 is 24.2 Å². The lowest BCUT2D eigenvalue weighted by atomic mass is 10.0. The van der Waals surface area contributed by atoms with Crippen molar-refractivity contribution >= 4 is 11.9 Å². The first-order valence-electron chi connectivity index (χ1n) is 8.24. The second-order valence-corrected chi connectivity index (χ2v) is 6.38. The van der Waals surface area contributed by atoms with Gasteiger partial charge in [-0.2, -0.15) is 0 Å². The molecular formula is C20H22NO5+. The zero-order chi connectivity index (χ0) is 18.8. The lowest BCUT2D eigenvalue weighted by molar-refractivity contribution is -0.872. The molecule has 2 aromatic carbocycles. The Kier molecular flexibility index (Phi) is 4.86. The molecule has 1 heterocycles. The predicted molar refractivity (Wildman–Crippen MR) is 97.1 cm³/mol. The largest absolute Gasteiger partial charge is 0.507 e. The smallest absolute Gasteiger partial charge is 0.231 e. The van der Waals surface area contributed by atoms with Crippen molar-refractivity contribution < 1.29 is 29.0 Å². The molecule has 0 saturated heterocycles. The van der Waals surface area contributed by atoms with Crippen molar-refractivity contribution in [1.29, 1.82) is 0 Å². The number of Topliss-reactive ketones (excluding diaryl/α,β-unsaturated/α-hetero) is 1. The molecule has 1 aliphatic rings. The summed E-state index contributed by atoms with van der Waals surface area (Å²) in [5.74, 6) is 1.75. The minimum Gasteiger partial charge on any atom is -0.507 e. The van der Waals surface area contributed by atoms with Crippen LogP contribution >= 0.6 is 0 Å². The highest BCUT2D eigenvalue weighted by Gasteiger charge is 2.32. The van der Waals surface area contributed by atoms with E-state index >= 15 is 0 Å². The molecule has 0 unspecified atom stereocenters. The molecule has 0 fully saturated rings. The maximum atomic E-state index is 12.7. The van der Waals surface area contributed by atoms with Gasteiger partial charge in [0.2, 0.25) is 5.78 Å². The molecule has 0 saturated carbocycles. The van der Waals surface area contributed by atoms with E-state index in [1.165, 1.54) is 6.07 Å². The van der Waals surface area contributed by atoms with E-state index in [1.54, 1.807) is 38.5 Å². The Bertz CT molecular complexity index is 886. The van der Waals surface area contributed by atoms with Crippen molar-refractivity contribution in [3.8, 4) is 23.0 Å². The molecule has 2 aromatic rings. The summed E-state index contributed by atoms with van der Waals surface area (Å²) in [6.07, 6.45) is 1.66. The zero-order valence-corrected chi connectivity index (χ0v) is 15.3. The number of ketones is 1. The summed E-state index contributed by atoms with van der Waals surface area (Å²) in [5.41, 5.74) is 1.85. The van der Waals surface area contributed by atoms with Crippen molar-refractivity contribution in [2.45, 2.75) is 6.54 Å². The fourth-order valence-corrected chi connectivity index (χ4v) is 2.92. The number of carbonyl (C=O) groups is 1. The lowest BCUT2D eigenvalue weighted by Crippen LogP contribution is -3.04. The number of benzene rings is 2. The molecule has 0 spiro atoms. The van der Waals surface area contributed by atoms with Gasteiger partial charge in [-0.05, 0) is 35.9 Å². The molecule has 0 atom stereocenters. The number of methoxy groups -OCH3 is 2. The molecule has 0 radical (unpaired) electrons. The number of rotatable bonds is 5. The Labute approximate surface area is 152 Å². The van der Waals surface area contributed by atoms with E-state index < -0.39 is 0 Å². The van der Waals surface area contributed by atoms with Crippen LogP contribution in [-0.4, -0.2) is 39.2 Å². The second-order valence-electron chi connectivity index (χ2n) is 6.38. The van der Waals surface area contributed by atoms with Gasteiger partial charge in [0.05, 0.1) is 39.4 Å². The van der Waals surface area contributed by atoms with E-state index in [1.807, 2.05) is 20.2 Å². The van der Waals surface area contributed by atoms with E-state index in [4.69, 9.17) is 14.2 Å². The number of nitrogens with one attached hydrogen (secondary N) is 1. The zero-order valence-electron chi connectivity index (χ0n) is 15.3. The van der Waals surface area contributed by atoms with Crippen molar-refractivity contribution in [3.05, 3.63) is 52.8 Å². The third-order valence-corrected chi connectivity index (χ3v) is 4.15. The minimum absolute atomic E-state index is 0.130. The fourth-order valence-electron chi connectivity index (χ4n) is 2.92. The van der Waals surface area contributed by atoms with Crippen LogP contribution in [0.3, 0.4) is 0 Å². The average Bonchev–Trinajstić information content (AvgIpc) is 2.93. The maximum absolute atomic E-state index is 12.7. The van der Waals surface area contributed by atoms with Crippen LogP contribution in [0.5, 0.6) is 23.0 Å². The van der Waals surface area contributed by atoms with Gasteiger partial charge >= 0.3 is 0 Å². The van der Waals surface area contributed by atoms with E-state index in [0.29, 0.717) is 34.9 Å². The van der Waals surface area contributed by atoms with Crippen LogP contribution in [0.15, 0.2) is 36.1 Å². The van der Waals surface area contributed by atoms with Crippen LogP contribution in [0.25, 0.3) is 6.08 Å². The molecule has 0 amide bonds. The normalized spacial score (nSPS) is 14.5. The van der Waals surface area contributed by atoms with Crippen LogP contribution in [0.2, 0.25) is 0 Å². The standard InChI is InChI=1S/C20H21NO5/c1-21(2)11-14-15(22)7-6-13-19(23)18(26-20(13)14)10-12-5-8-16(24-3)17(9-12)25-4/h5-10,22H,11H2,1-4H3/p+1. The highest BCUT2D eigenvalue weighted by Crippen LogP contribution is 2.39. The molecule has 3 rings (SSSR count). The highest BCUT2D eigenvalue weighted by molar-refractivity contribution is 6.15. The molecule has 2 N–H and O–H groups in total. The summed E-state index contributed by atoms with van der Waals surface area (Å²) in [5, 5.41) is 10.2. The first kappa shape index (κ1) is 17.8. The quantitative estimate of drug-likeness (QED) is 0.798. The van der Waals surface area contributed by atoms with Crippen molar-refractivity contribution in [1.82, 2.24) is 0 Å². The number of allylic oxidation sites excluding steroid dienone is 1. The van der Waals surface area contributed by atoms with Gasteiger partial charge in [-0.1, -0.05) is 6.07 Å². The number of aromatic hydroxyl groups is 1. The van der Waals surface area contributed by atoms with Crippen molar-refractivity contribution in [3.63, 3.8) is 0 Å². The fraction of sp³-hybridized carbons (Fsp3) is 0.250. The molecule has 6 heteroatoms. The molecular weight excluding hydrogens is 334 g/mol. The van der Waals surface area contributed by atoms with E-state index in [9.17, 15) is 9.90 Å². The number of phenolic OH excluding ortho intramolecular Hbond substituents is 1. The summed E-state index contributed by atoms with van der Waals surface area (Å²) >= 11 is 0. The van der Waals surface area contributed by atoms with Crippen LogP contribution < -0.4 is 19.1 Å². The average molecular weight is 356 g/mol. The number of quaternary nitrogens is 1. The van der Waals surface area contributed by atoms with Gasteiger partial charge in [-0.25, -0.2) is 0 Å². The van der Waals surface area contributed by atoms with E-state index in [-0.39, 0.29) is 17.3 Å². The van der Waals surface area contributed by atoms with Gasteiger partial charge in [0.1, 0.15) is 12.3 Å². The number of phenols is 1. The van der Waals surface area contributed by atoms with E-state index in [0.717, 1.165) is 10.5 Å². The van der Waals surface area contributed by atoms with Crippen LogP contribution in [0.1, 0.15) is 21.5 Å². The van der Waals surface area contributed by atoms with Crippen molar-refractivity contribution in [2.24, 2.45) is 0 Å². The third-order valence-electron chi connectivity index (χ3n) is 4.15. The molecule has 0 aliphatic carbocycles. The summed E-state index contributed by atoms with van der Waals surface area (Å²) in [7, 11) is 7.06. The number of hydrogen-bond acceptors (Lipinski definition) is 5. The Morgan fingerprint density at radius 3 is 2.50 bits per heavy atom. The maximum Gasteiger partial charge on any atom is 0.231 e. The van der Waals surface area contributed by atoms with Gasteiger partial charge in [0.25, 0.3) is 0 Å².